The van der Waals surface area contributed by atoms with E-state index in [-0.39, 0.29) is 22.8 Å². The van der Waals surface area contributed by atoms with Crippen molar-refractivity contribution in [1.82, 2.24) is 4.72 Å². The summed E-state index contributed by atoms with van der Waals surface area (Å²) in [5, 5.41) is 11.1. The number of fused-ring (bicyclic) bond motifs is 3. The number of aliphatic hydroxyl groups is 1. The molecule has 9 heteroatoms. The Morgan fingerprint density at radius 1 is 1.22 bits per heavy atom. The summed E-state index contributed by atoms with van der Waals surface area (Å²) < 4.78 is 35.2. The van der Waals surface area contributed by atoms with Crippen LogP contribution >= 0.6 is 11.6 Å². The van der Waals surface area contributed by atoms with E-state index < -0.39 is 27.3 Å². The summed E-state index contributed by atoms with van der Waals surface area (Å²) in [6.45, 7) is 9.52. The number of sulfonamides is 1. The van der Waals surface area contributed by atoms with Gasteiger partial charge in [-0.25, -0.2) is 13.1 Å². The van der Waals surface area contributed by atoms with Crippen molar-refractivity contribution in [3.8, 4) is 5.75 Å². The standard InChI is InChI=1S/C37H49ClN2O5S/c1-4-7-9-13-34(41)31-17-14-28(31)23-40-24-37(20-10-11-26-21-29(38)16-18-32(26)37)25-45-35-19-15-27(22-33(35)40)36(42)39-46(43,44)30(6-3)12-8-5-2/h5,9,13,15-16,18-19,21-22,28,30-31,34,41H,2,4,6-8,10-12,14,17,20,23-25H2,1,3H3,(H,39,42)/b13-9+/t28-,30+,31+,34+,37-/m0/s1. The second-order valence-corrected chi connectivity index (χ2v) is 15.8. The van der Waals surface area contributed by atoms with Gasteiger partial charge in [-0.2, -0.15) is 0 Å². The average Bonchev–Trinajstić information content (AvgIpc) is 3.16. The van der Waals surface area contributed by atoms with Crippen molar-refractivity contribution in [2.75, 3.05) is 24.6 Å². The number of anilines is 1. The van der Waals surface area contributed by atoms with Gasteiger partial charge in [0, 0.05) is 29.1 Å². The lowest BCUT2D eigenvalue weighted by Crippen LogP contribution is -2.49. The number of hydrogen-bond donors (Lipinski definition) is 2. The molecule has 3 aliphatic rings. The molecular weight excluding hydrogens is 620 g/mol. The van der Waals surface area contributed by atoms with E-state index in [1.54, 1.807) is 24.3 Å². The largest absolute Gasteiger partial charge is 0.490 e. The number of halogens is 1. The molecule has 0 radical (unpaired) electrons. The minimum atomic E-state index is -3.87. The Kier molecular flexibility index (Phi) is 11.2. The number of hydrogen-bond acceptors (Lipinski definition) is 6. The number of nitrogens with zero attached hydrogens (tertiary/aromatic N) is 1. The first kappa shape index (κ1) is 34.5. The molecule has 0 aromatic heterocycles. The van der Waals surface area contributed by atoms with Crippen LogP contribution in [0.3, 0.4) is 0 Å². The molecule has 2 aliphatic carbocycles. The SMILES string of the molecule is C=CCC[C@@H](CC)S(=O)(=O)NC(=O)c1ccc2c(c1)N(C[C@@H]1CC[C@H]1[C@H](O)/C=C/CCC)C[C@@]1(CCCc3cc(Cl)ccc31)CO2. The van der Waals surface area contributed by atoms with Crippen LogP contribution in [0.2, 0.25) is 5.02 Å². The minimum absolute atomic E-state index is 0.160. The van der Waals surface area contributed by atoms with Crippen LogP contribution in [0.15, 0.2) is 61.2 Å². The van der Waals surface area contributed by atoms with Crippen LogP contribution in [0.25, 0.3) is 0 Å². The summed E-state index contributed by atoms with van der Waals surface area (Å²) in [5.41, 5.74) is 3.28. The molecule has 1 spiro atoms. The van der Waals surface area contributed by atoms with E-state index in [1.807, 2.05) is 19.1 Å². The van der Waals surface area contributed by atoms with Gasteiger partial charge in [0.15, 0.2) is 0 Å². The molecule has 1 amide bonds. The number of amides is 1. The van der Waals surface area contributed by atoms with Gasteiger partial charge in [-0.3, -0.25) is 4.79 Å². The molecule has 1 aliphatic heterocycles. The van der Waals surface area contributed by atoms with Crippen LogP contribution in [0.4, 0.5) is 5.69 Å². The number of carbonyl (C=O) groups is 1. The van der Waals surface area contributed by atoms with E-state index >= 15 is 0 Å². The van der Waals surface area contributed by atoms with E-state index in [9.17, 15) is 18.3 Å². The normalized spacial score (nSPS) is 23.9. The quantitative estimate of drug-likeness (QED) is 0.217. The first-order valence-electron chi connectivity index (χ1n) is 16.9. The fraction of sp³-hybridized carbons (Fsp3) is 0.541. The van der Waals surface area contributed by atoms with Crippen molar-refractivity contribution in [3.63, 3.8) is 0 Å². The Morgan fingerprint density at radius 3 is 2.76 bits per heavy atom. The summed E-state index contributed by atoms with van der Waals surface area (Å²) in [5.74, 6) is 0.460. The number of aryl methyl sites for hydroxylation is 1. The minimum Gasteiger partial charge on any atom is -0.490 e. The lowest BCUT2D eigenvalue weighted by molar-refractivity contribution is 0.0456. The molecule has 0 bridgehead atoms. The van der Waals surface area contributed by atoms with E-state index in [1.165, 1.54) is 11.1 Å². The molecule has 46 heavy (non-hydrogen) atoms. The zero-order valence-electron chi connectivity index (χ0n) is 27.2. The molecule has 1 saturated carbocycles. The van der Waals surface area contributed by atoms with Gasteiger partial charge < -0.3 is 14.7 Å². The van der Waals surface area contributed by atoms with Gasteiger partial charge in [-0.1, -0.05) is 56.2 Å². The Hall–Kier alpha value is -2.81. The number of allylic oxidation sites excluding steroid dienone is 2. The third-order valence-electron chi connectivity index (χ3n) is 10.3. The number of benzene rings is 2. The van der Waals surface area contributed by atoms with Crippen LogP contribution < -0.4 is 14.4 Å². The summed E-state index contributed by atoms with van der Waals surface area (Å²) in [7, 11) is -3.87. The summed E-state index contributed by atoms with van der Waals surface area (Å²) in [4.78, 5) is 15.8. The second kappa shape index (κ2) is 15.0. The molecule has 5 rings (SSSR count). The molecule has 0 saturated heterocycles. The van der Waals surface area contributed by atoms with Crippen LogP contribution in [-0.2, 0) is 21.9 Å². The lowest BCUT2D eigenvalue weighted by atomic mass is 9.68. The summed E-state index contributed by atoms with van der Waals surface area (Å²) in [6, 6.07) is 11.4. The Balaban J connectivity index is 1.47. The number of nitrogens with one attached hydrogen (secondary N) is 1. The zero-order chi connectivity index (χ0) is 32.9. The highest BCUT2D eigenvalue weighted by Gasteiger charge is 2.44. The number of unbranched alkanes of at least 4 members (excludes halogenated alkanes) is 1. The fourth-order valence-electron chi connectivity index (χ4n) is 7.51. The van der Waals surface area contributed by atoms with Crippen molar-refractivity contribution >= 4 is 33.2 Å². The highest BCUT2D eigenvalue weighted by Crippen LogP contribution is 2.46. The van der Waals surface area contributed by atoms with E-state index in [0.29, 0.717) is 44.7 Å². The third kappa shape index (κ3) is 7.50. The van der Waals surface area contributed by atoms with Gasteiger partial charge in [0.25, 0.3) is 5.91 Å². The van der Waals surface area contributed by atoms with Gasteiger partial charge in [-0.05, 0) is 111 Å². The van der Waals surface area contributed by atoms with Crippen molar-refractivity contribution in [2.24, 2.45) is 11.8 Å². The van der Waals surface area contributed by atoms with Crippen LogP contribution in [0.5, 0.6) is 5.75 Å². The number of carbonyl (C=O) groups excluding carboxylic acids is 1. The number of ether oxygens (including phenoxy) is 1. The Labute approximate surface area is 280 Å². The predicted molar refractivity (Wildman–Crippen MR) is 186 cm³/mol. The van der Waals surface area contributed by atoms with Crippen LogP contribution in [-0.4, -0.2) is 50.5 Å². The topological polar surface area (TPSA) is 95.9 Å². The van der Waals surface area contributed by atoms with Gasteiger partial charge >= 0.3 is 0 Å². The zero-order valence-corrected chi connectivity index (χ0v) is 28.8. The maximum atomic E-state index is 13.5. The van der Waals surface area contributed by atoms with Gasteiger partial charge in [-0.15, -0.1) is 6.58 Å². The van der Waals surface area contributed by atoms with Gasteiger partial charge in [0.05, 0.1) is 23.6 Å². The average molecular weight is 669 g/mol. The van der Waals surface area contributed by atoms with Gasteiger partial charge in [0.1, 0.15) is 5.75 Å². The van der Waals surface area contributed by atoms with Crippen molar-refractivity contribution < 1.29 is 23.1 Å². The maximum Gasteiger partial charge on any atom is 0.264 e. The number of rotatable bonds is 13. The lowest BCUT2D eigenvalue weighted by Gasteiger charge is -2.45. The molecule has 2 aromatic carbocycles. The Bertz CT molecular complexity index is 1540. The van der Waals surface area contributed by atoms with Crippen LogP contribution in [0, 0.1) is 11.8 Å². The highest BCUT2D eigenvalue weighted by molar-refractivity contribution is 7.90. The Morgan fingerprint density at radius 2 is 2.04 bits per heavy atom. The number of aliphatic hydroxyl groups excluding tert-OH is 1. The van der Waals surface area contributed by atoms with Gasteiger partial charge in [0.2, 0.25) is 10.0 Å². The molecule has 7 nitrogen and oxygen atoms in total. The first-order chi connectivity index (χ1) is 22.1. The van der Waals surface area contributed by atoms with Crippen molar-refractivity contribution in [1.29, 1.82) is 0 Å². The van der Waals surface area contributed by atoms with E-state index in [2.05, 4.69) is 41.3 Å². The second-order valence-electron chi connectivity index (χ2n) is 13.4. The molecule has 2 N–H and O–H groups in total. The predicted octanol–water partition coefficient (Wildman–Crippen LogP) is 7.36. The monoisotopic (exact) mass is 668 g/mol. The maximum absolute atomic E-state index is 13.5. The van der Waals surface area contributed by atoms with Crippen LogP contribution in [0.1, 0.15) is 93.1 Å². The summed E-state index contributed by atoms with van der Waals surface area (Å²) in [6.07, 6.45) is 13.5. The molecule has 2 aromatic rings. The molecule has 5 atom stereocenters. The first-order valence-corrected chi connectivity index (χ1v) is 18.9. The highest BCUT2D eigenvalue weighted by atomic mass is 35.5. The molecule has 250 valence electrons. The van der Waals surface area contributed by atoms with E-state index in [0.717, 1.165) is 55.7 Å². The fourth-order valence-corrected chi connectivity index (χ4v) is 9.13. The molecule has 1 fully saturated rings. The third-order valence-corrected chi connectivity index (χ3v) is 12.4. The van der Waals surface area contributed by atoms with E-state index in [4.69, 9.17) is 16.3 Å². The smallest absolute Gasteiger partial charge is 0.264 e. The van der Waals surface area contributed by atoms with Crippen molar-refractivity contribution in [3.05, 3.63) is 82.9 Å². The van der Waals surface area contributed by atoms with Crippen molar-refractivity contribution in [2.45, 2.75) is 94.8 Å². The summed E-state index contributed by atoms with van der Waals surface area (Å²) >= 11 is 6.41. The molecular formula is C37H49ClN2O5S. The molecule has 1 heterocycles. The molecule has 0 unspecified atom stereocenters.